The molecule has 108 valence electrons. The average molecular weight is 292 g/mol. The van der Waals surface area contributed by atoms with E-state index in [4.69, 9.17) is 0 Å². The van der Waals surface area contributed by atoms with Crippen molar-refractivity contribution in [3.05, 3.63) is 29.3 Å². The van der Waals surface area contributed by atoms with E-state index in [0.717, 1.165) is 28.1 Å². The lowest BCUT2D eigenvalue weighted by molar-refractivity contribution is -0.121. The molecule has 5 heteroatoms. The molecule has 0 spiro atoms. The van der Waals surface area contributed by atoms with E-state index in [9.17, 15) is 9.90 Å². The number of aryl methyl sites for hydroxylation is 1. The highest BCUT2D eigenvalue weighted by Crippen LogP contribution is 2.22. The number of carbonyl (C=O) groups excluding carboxylic acids is 1. The highest BCUT2D eigenvalue weighted by atomic mass is 32.1. The molecule has 0 saturated carbocycles. The third-order valence-electron chi connectivity index (χ3n) is 3.06. The van der Waals surface area contributed by atoms with E-state index in [1.807, 2.05) is 31.2 Å². The largest absolute Gasteiger partial charge is 0.391 e. The summed E-state index contributed by atoms with van der Waals surface area (Å²) >= 11 is 1.63. The number of nitrogens with one attached hydrogen (secondary N) is 1. The van der Waals surface area contributed by atoms with Crippen molar-refractivity contribution in [1.82, 2.24) is 10.3 Å². The standard InChI is InChI=1S/C15H20N2O2S/c1-2-5-11(18)10-16-14(19)8-9-15-17-12-6-3-4-7-13(12)20-15/h3-4,6-7,11,18H,2,5,8-10H2,1H3,(H,16,19). The number of aliphatic hydroxyl groups excluding tert-OH is 1. The van der Waals surface area contributed by atoms with E-state index < -0.39 is 6.10 Å². The Labute approximate surface area is 122 Å². The number of para-hydroxylation sites is 1. The molecule has 2 aromatic rings. The summed E-state index contributed by atoms with van der Waals surface area (Å²) in [4.78, 5) is 16.2. The lowest BCUT2D eigenvalue weighted by Gasteiger charge is -2.10. The van der Waals surface area contributed by atoms with E-state index in [-0.39, 0.29) is 5.91 Å². The molecule has 0 radical (unpaired) electrons. The zero-order chi connectivity index (χ0) is 14.4. The van der Waals surface area contributed by atoms with Crippen LogP contribution >= 0.6 is 11.3 Å². The van der Waals surface area contributed by atoms with Crippen LogP contribution in [0.1, 0.15) is 31.2 Å². The van der Waals surface area contributed by atoms with Crippen LogP contribution in [0.2, 0.25) is 0 Å². The van der Waals surface area contributed by atoms with E-state index in [0.29, 0.717) is 19.4 Å². The van der Waals surface area contributed by atoms with Gasteiger partial charge in [0.05, 0.1) is 21.3 Å². The molecule has 1 unspecified atom stereocenters. The summed E-state index contributed by atoms with van der Waals surface area (Å²) in [5, 5.41) is 13.3. The summed E-state index contributed by atoms with van der Waals surface area (Å²) in [6, 6.07) is 7.98. The number of aromatic nitrogens is 1. The summed E-state index contributed by atoms with van der Waals surface area (Å²) < 4.78 is 1.15. The van der Waals surface area contributed by atoms with E-state index in [1.165, 1.54) is 0 Å². The zero-order valence-corrected chi connectivity index (χ0v) is 12.4. The Morgan fingerprint density at radius 3 is 3.00 bits per heavy atom. The van der Waals surface area contributed by atoms with Gasteiger partial charge in [0, 0.05) is 19.4 Å². The Morgan fingerprint density at radius 1 is 1.45 bits per heavy atom. The second kappa shape index (κ2) is 7.36. The van der Waals surface area contributed by atoms with E-state index in [2.05, 4.69) is 10.3 Å². The molecule has 20 heavy (non-hydrogen) atoms. The van der Waals surface area contributed by atoms with Crippen LogP contribution in [-0.2, 0) is 11.2 Å². The second-order valence-electron chi connectivity index (χ2n) is 4.82. The summed E-state index contributed by atoms with van der Waals surface area (Å²) in [5.41, 5.74) is 0.992. The molecule has 2 rings (SSSR count). The van der Waals surface area contributed by atoms with Crippen molar-refractivity contribution in [2.45, 2.75) is 38.7 Å². The van der Waals surface area contributed by atoms with Gasteiger partial charge in [0.1, 0.15) is 0 Å². The van der Waals surface area contributed by atoms with Gasteiger partial charge in [-0.15, -0.1) is 11.3 Å². The van der Waals surface area contributed by atoms with Crippen LogP contribution in [-0.4, -0.2) is 28.6 Å². The number of hydrogen-bond acceptors (Lipinski definition) is 4. The van der Waals surface area contributed by atoms with Crippen molar-refractivity contribution < 1.29 is 9.90 Å². The first-order valence-corrected chi connectivity index (χ1v) is 7.80. The molecule has 0 aliphatic carbocycles. The first kappa shape index (κ1) is 14.9. The van der Waals surface area contributed by atoms with E-state index in [1.54, 1.807) is 11.3 Å². The highest BCUT2D eigenvalue weighted by Gasteiger charge is 2.08. The van der Waals surface area contributed by atoms with Gasteiger partial charge in [0.2, 0.25) is 5.91 Å². The molecule has 1 amide bonds. The maximum Gasteiger partial charge on any atom is 0.220 e. The van der Waals surface area contributed by atoms with Crippen molar-refractivity contribution in [3.63, 3.8) is 0 Å². The third-order valence-corrected chi connectivity index (χ3v) is 4.16. The topological polar surface area (TPSA) is 62.2 Å². The molecule has 4 nitrogen and oxygen atoms in total. The molecule has 0 saturated heterocycles. The van der Waals surface area contributed by atoms with Crippen molar-refractivity contribution in [2.24, 2.45) is 0 Å². The van der Waals surface area contributed by atoms with E-state index >= 15 is 0 Å². The number of rotatable bonds is 7. The van der Waals surface area contributed by atoms with Gasteiger partial charge in [-0.05, 0) is 18.6 Å². The normalized spacial score (nSPS) is 12.5. The summed E-state index contributed by atoms with van der Waals surface area (Å²) in [5.74, 6) is -0.0283. The van der Waals surface area contributed by atoms with Crippen molar-refractivity contribution in [3.8, 4) is 0 Å². The molecule has 1 atom stereocenters. The van der Waals surface area contributed by atoms with Gasteiger partial charge >= 0.3 is 0 Å². The first-order valence-electron chi connectivity index (χ1n) is 6.98. The van der Waals surface area contributed by atoms with Gasteiger partial charge in [0.25, 0.3) is 0 Å². The van der Waals surface area contributed by atoms with Crippen LogP contribution in [0, 0.1) is 0 Å². The zero-order valence-electron chi connectivity index (χ0n) is 11.6. The van der Waals surface area contributed by atoms with Crippen LogP contribution in [0.3, 0.4) is 0 Å². The fourth-order valence-electron chi connectivity index (χ4n) is 2.00. The molecule has 1 aromatic carbocycles. The van der Waals surface area contributed by atoms with Gasteiger partial charge in [0.15, 0.2) is 0 Å². The van der Waals surface area contributed by atoms with Crippen LogP contribution in [0.25, 0.3) is 10.2 Å². The molecule has 0 aliphatic heterocycles. The Balaban J connectivity index is 1.78. The summed E-state index contributed by atoms with van der Waals surface area (Å²) in [7, 11) is 0. The quantitative estimate of drug-likeness (QED) is 0.824. The first-order chi connectivity index (χ1) is 9.69. The van der Waals surface area contributed by atoms with Gasteiger partial charge in [-0.3, -0.25) is 4.79 Å². The van der Waals surface area contributed by atoms with Crippen molar-refractivity contribution in [1.29, 1.82) is 0 Å². The molecule has 1 heterocycles. The van der Waals surface area contributed by atoms with Gasteiger partial charge < -0.3 is 10.4 Å². The minimum Gasteiger partial charge on any atom is -0.391 e. The number of carbonyl (C=O) groups is 1. The highest BCUT2D eigenvalue weighted by molar-refractivity contribution is 7.18. The Kier molecular flexibility index (Phi) is 5.49. The fourth-order valence-corrected chi connectivity index (χ4v) is 2.97. The molecular formula is C15H20N2O2S. The summed E-state index contributed by atoms with van der Waals surface area (Å²) in [6.07, 6.45) is 2.26. The monoisotopic (exact) mass is 292 g/mol. The molecule has 2 N–H and O–H groups in total. The number of fused-ring (bicyclic) bond motifs is 1. The lowest BCUT2D eigenvalue weighted by Crippen LogP contribution is -2.32. The van der Waals surface area contributed by atoms with Crippen molar-refractivity contribution in [2.75, 3.05) is 6.54 Å². The predicted molar refractivity (Wildman–Crippen MR) is 81.9 cm³/mol. The number of benzene rings is 1. The third kappa shape index (κ3) is 4.28. The number of hydrogen-bond donors (Lipinski definition) is 2. The molecular weight excluding hydrogens is 272 g/mol. The summed E-state index contributed by atoms with van der Waals surface area (Å²) in [6.45, 7) is 2.35. The Bertz CT molecular complexity index is 535. The number of nitrogens with zero attached hydrogens (tertiary/aromatic N) is 1. The second-order valence-corrected chi connectivity index (χ2v) is 5.94. The van der Waals surface area contributed by atoms with Gasteiger partial charge in [-0.1, -0.05) is 25.5 Å². The van der Waals surface area contributed by atoms with Gasteiger partial charge in [-0.25, -0.2) is 4.98 Å². The van der Waals surface area contributed by atoms with Crippen LogP contribution < -0.4 is 5.32 Å². The molecule has 0 bridgehead atoms. The average Bonchev–Trinajstić information content (AvgIpc) is 2.86. The minimum atomic E-state index is -0.439. The Hall–Kier alpha value is -1.46. The van der Waals surface area contributed by atoms with Crippen LogP contribution in [0.5, 0.6) is 0 Å². The fraction of sp³-hybridized carbons (Fsp3) is 0.467. The lowest BCUT2D eigenvalue weighted by atomic mass is 10.2. The maximum atomic E-state index is 11.7. The number of thiazole rings is 1. The smallest absolute Gasteiger partial charge is 0.220 e. The maximum absolute atomic E-state index is 11.7. The minimum absolute atomic E-state index is 0.0283. The SMILES string of the molecule is CCCC(O)CNC(=O)CCc1nc2ccccc2s1. The van der Waals surface area contributed by atoms with Crippen LogP contribution in [0.4, 0.5) is 0 Å². The van der Waals surface area contributed by atoms with Crippen molar-refractivity contribution >= 4 is 27.5 Å². The number of amides is 1. The Morgan fingerprint density at radius 2 is 2.25 bits per heavy atom. The van der Waals surface area contributed by atoms with Crippen LogP contribution in [0.15, 0.2) is 24.3 Å². The number of aliphatic hydroxyl groups is 1. The molecule has 0 fully saturated rings. The predicted octanol–water partition coefficient (Wildman–Crippen LogP) is 2.51. The molecule has 0 aliphatic rings. The molecule has 1 aromatic heterocycles. The van der Waals surface area contributed by atoms with Gasteiger partial charge in [-0.2, -0.15) is 0 Å².